The molecule has 0 aliphatic rings. The van der Waals surface area contributed by atoms with Crippen LogP contribution >= 0.6 is 0 Å². The molecule has 0 aliphatic heterocycles. The number of nitrogens with zero attached hydrogens (tertiary/aromatic N) is 1. The Balaban J connectivity index is 2.59. The van der Waals surface area contributed by atoms with Crippen molar-refractivity contribution in [2.45, 2.75) is 40.5 Å². The predicted octanol–water partition coefficient (Wildman–Crippen LogP) is 3.58. The van der Waals surface area contributed by atoms with Crippen LogP contribution in [0.2, 0.25) is 0 Å². The van der Waals surface area contributed by atoms with E-state index in [0.717, 1.165) is 30.9 Å². The van der Waals surface area contributed by atoms with Gasteiger partial charge in [-0.05, 0) is 37.1 Å². The van der Waals surface area contributed by atoms with E-state index in [4.69, 9.17) is 0 Å². The van der Waals surface area contributed by atoms with Crippen LogP contribution in [0.3, 0.4) is 0 Å². The van der Waals surface area contributed by atoms with E-state index in [1.54, 1.807) is 0 Å². The summed E-state index contributed by atoms with van der Waals surface area (Å²) in [5, 5.41) is 5.93. The first-order valence-corrected chi connectivity index (χ1v) is 7.86. The number of likely N-dealkylation sites (N-methyl/N-ethyl adjacent to an activating group) is 1. The van der Waals surface area contributed by atoms with Gasteiger partial charge in [0.2, 0.25) is 0 Å². The quantitative estimate of drug-likeness (QED) is 0.806. The van der Waals surface area contributed by atoms with Gasteiger partial charge >= 0.3 is 6.03 Å². The molecule has 0 radical (unpaired) electrons. The molecule has 2 N–H and O–H groups in total. The summed E-state index contributed by atoms with van der Waals surface area (Å²) in [6.07, 6.45) is 0. The van der Waals surface area contributed by atoms with Crippen molar-refractivity contribution in [3.8, 4) is 0 Å². The second kappa shape index (κ2) is 8.67. The fourth-order valence-corrected chi connectivity index (χ4v) is 2.37. The second-order valence-electron chi connectivity index (χ2n) is 5.60. The number of nitrogens with one attached hydrogen (secondary N) is 2. The van der Waals surface area contributed by atoms with Gasteiger partial charge < -0.3 is 15.5 Å². The zero-order valence-electron chi connectivity index (χ0n) is 14.0. The number of anilines is 1. The Morgan fingerprint density at radius 2 is 1.90 bits per heavy atom. The van der Waals surface area contributed by atoms with Crippen LogP contribution in [0.5, 0.6) is 0 Å². The van der Waals surface area contributed by atoms with Crippen molar-refractivity contribution in [2.24, 2.45) is 0 Å². The first kappa shape index (κ1) is 17.5. The van der Waals surface area contributed by atoms with Gasteiger partial charge in [0.05, 0.1) is 0 Å². The van der Waals surface area contributed by atoms with Crippen LogP contribution in [-0.2, 0) is 0 Å². The van der Waals surface area contributed by atoms with Gasteiger partial charge in [0.15, 0.2) is 0 Å². The van der Waals surface area contributed by atoms with Crippen molar-refractivity contribution >= 4 is 11.7 Å². The minimum atomic E-state index is -0.127. The van der Waals surface area contributed by atoms with Crippen LogP contribution in [-0.4, -0.2) is 37.1 Å². The standard InChI is InChI=1S/C17H29N3O/c1-6-20(7-2)12-11-18-17(21)19-16-14(5)9-8-10-15(16)13(3)4/h8-10,13H,6-7,11-12H2,1-5H3,(H2,18,19,21). The average Bonchev–Trinajstić information content (AvgIpc) is 2.45. The monoisotopic (exact) mass is 291 g/mol. The molecule has 0 heterocycles. The summed E-state index contributed by atoms with van der Waals surface area (Å²) in [5.74, 6) is 0.385. The molecule has 0 saturated carbocycles. The lowest BCUT2D eigenvalue weighted by Gasteiger charge is -2.19. The lowest BCUT2D eigenvalue weighted by atomic mass is 9.98. The molecule has 0 spiro atoms. The van der Waals surface area contributed by atoms with E-state index in [0.29, 0.717) is 12.5 Å². The van der Waals surface area contributed by atoms with Crippen molar-refractivity contribution in [1.82, 2.24) is 10.2 Å². The number of hydrogen-bond donors (Lipinski definition) is 2. The predicted molar refractivity (Wildman–Crippen MR) is 90.1 cm³/mol. The Labute approximate surface area is 128 Å². The third-order valence-corrected chi connectivity index (χ3v) is 3.77. The maximum absolute atomic E-state index is 12.1. The Morgan fingerprint density at radius 3 is 2.48 bits per heavy atom. The molecule has 2 amide bonds. The zero-order valence-corrected chi connectivity index (χ0v) is 14.0. The SMILES string of the molecule is CCN(CC)CCNC(=O)Nc1c(C)cccc1C(C)C. The molecule has 0 fully saturated rings. The van der Waals surface area contributed by atoms with Crippen molar-refractivity contribution in [2.75, 3.05) is 31.5 Å². The number of para-hydroxylation sites is 1. The maximum atomic E-state index is 12.1. The van der Waals surface area contributed by atoms with Gasteiger partial charge in [-0.15, -0.1) is 0 Å². The van der Waals surface area contributed by atoms with Crippen molar-refractivity contribution in [3.63, 3.8) is 0 Å². The van der Waals surface area contributed by atoms with Gasteiger partial charge in [-0.2, -0.15) is 0 Å². The molecule has 21 heavy (non-hydrogen) atoms. The molecule has 0 aromatic heterocycles. The first-order chi connectivity index (χ1) is 9.99. The first-order valence-electron chi connectivity index (χ1n) is 7.86. The molecule has 4 heteroatoms. The van der Waals surface area contributed by atoms with Gasteiger partial charge in [-0.1, -0.05) is 45.9 Å². The van der Waals surface area contributed by atoms with Gasteiger partial charge in [0.1, 0.15) is 0 Å². The molecule has 0 saturated heterocycles. The van der Waals surface area contributed by atoms with E-state index in [2.05, 4.69) is 49.3 Å². The molecule has 0 bridgehead atoms. The van der Waals surface area contributed by atoms with Gasteiger partial charge in [0.25, 0.3) is 0 Å². The Hall–Kier alpha value is -1.55. The van der Waals surface area contributed by atoms with Crippen LogP contribution in [0, 0.1) is 6.92 Å². The van der Waals surface area contributed by atoms with E-state index in [1.807, 2.05) is 19.1 Å². The van der Waals surface area contributed by atoms with Gasteiger partial charge in [-0.25, -0.2) is 4.79 Å². The van der Waals surface area contributed by atoms with E-state index in [1.165, 1.54) is 5.56 Å². The minimum Gasteiger partial charge on any atom is -0.337 e. The molecule has 1 rings (SSSR count). The molecule has 0 aliphatic carbocycles. The summed E-state index contributed by atoms with van der Waals surface area (Å²) in [5.41, 5.74) is 3.21. The number of benzene rings is 1. The molecule has 1 aromatic carbocycles. The summed E-state index contributed by atoms with van der Waals surface area (Å²) < 4.78 is 0. The fraction of sp³-hybridized carbons (Fsp3) is 0.588. The Morgan fingerprint density at radius 1 is 1.24 bits per heavy atom. The van der Waals surface area contributed by atoms with Crippen molar-refractivity contribution in [1.29, 1.82) is 0 Å². The fourth-order valence-electron chi connectivity index (χ4n) is 2.37. The highest BCUT2D eigenvalue weighted by Crippen LogP contribution is 2.27. The van der Waals surface area contributed by atoms with E-state index < -0.39 is 0 Å². The Bertz CT molecular complexity index is 453. The lowest BCUT2D eigenvalue weighted by Crippen LogP contribution is -2.37. The third-order valence-electron chi connectivity index (χ3n) is 3.77. The minimum absolute atomic E-state index is 0.127. The van der Waals surface area contributed by atoms with Crippen LogP contribution in [0.4, 0.5) is 10.5 Å². The summed E-state index contributed by atoms with van der Waals surface area (Å²) in [7, 11) is 0. The number of amides is 2. The van der Waals surface area contributed by atoms with Gasteiger partial charge in [0, 0.05) is 18.8 Å². The van der Waals surface area contributed by atoms with Crippen molar-refractivity contribution < 1.29 is 4.79 Å². The highest BCUT2D eigenvalue weighted by atomic mass is 16.2. The average molecular weight is 291 g/mol. The normalized spacial score (nSPS) is 11.0. The molecule has 1 aromatic rings. The second-order valence-corrected chi connectivity index (χ2v) is 5.60. The van der Waals surface area contributed by atoms with Crippen molar-refractivity contribution in [3.05, 3.63) is 29.3 Å². The summed E-state index contributed by atoms with van der Waals surface area (Å²) in [6.45, 7) is 14.1. The highest BCUT2D eigenvalue weighted by Gasteiger charge is 2.11. The molecular formula is C17H29N3O. The van der Waals surface area contributed by atoms with Crippen LogP contribution in [0.25, 0.3) is 0 Å². The topological polar surface area (TPSA) is 44.4 Å². The maximum Gasteiger partial charge on any atom is 0.319 e. The summed E-state index contributed by atoms with van der Waals surface area (Å²) >= 11 is 0. The largest absolute Gasteiger partial charge is 0.337 e. The Kier molecular flexibility index (Phi) is 7.23. The molecule has 4 nitrogen and oxygen atoms in total. The number of rotatable bonds is 7. The lowest BCUT2D eigenvalue weighted by molar-refractivity contribution is 0.247. The number of aryl methyl sites for hydroxylation is 1. The summed E-state index contributed by atoms with van der Waals surface area (Å²) in [6, 6.07) is 6.01. The molecular weight excluding hydrogens is 262 g/mol. The van der Waals surface area contributed by atoms with Gasteiger partial charge in [-0.3, -0.25) is 0 Å². The number of carbonyl (C=O) groups is 1. The molecule has 0 atom stereocenters. The van der Waals surface area contributed by atoms with E-state index in [9.17, 15) is 4.79 Å². The smallest absolute Gasteiger partial charge is 0.319 e. The number of urea groups is 1. The highest BCUT2D eigenvalue weighted by molar-refractivity contribution is 5.91. The molecule has 0 unspecified atom stereocenters. The van der Waals surface area contributed by atoms with E-state index >= 15 is 0 Å². The number of carbonyl (C=O) groups excluding carboxylic acids is 1. The van der Waals surface area contributed by atoms with Crippen LogP contribution < -0.4 is 10.6 Å². The van der Waals surface area contributed by atoms with Crippen LogP contribution in [0.1, 0.15) is 44.7 Å². The third kappa shape index (κ3) is 5.38. The zero-order chi connectivity index (χ0) is 15.8. The summed E-state index contributed by atoms with van der Waals surface area (Å²) in [4.78, 5) is 14.3. The molecule has 118 valence electrons. The van der Waals surface area contributed by atoms with E-state index in [-0.39, 0.29) is 6.03 Å². The number of hydrogen-bond acceptors (Lipinski definition) is 2. The van der Waals surface area contributed by atoms with Crippen LogP contribution in [0.15, 0.2) is 18.2 Å².